The number of aromatic nitrogens is 3. The minimum absolute atomic E-state index is 0.0671. The van der Waals surface area contributed by atoms with Crippen LogP contribution in [0.25, 0.3) is 21.9 Å². The molecule has 7 heteroatoms. The highest BCUT2D eigenvalue weighted by molar-refractivity contribution is 7.75. The van der Waals surface area contributed by atoms with Crippen molar-refractivity contribution < 1.29 is 12.6 Å². The number of nitrogens with zero attached hydrogens (tertiary/aromatic N) is 3. The number of benzene rings is 1. The van der Waals surface area contributed by atoms with E-state index in [1.807, 2.05) is 18.3 Å². The lowest BCUT2D eigenvalue weighted by Gasteiger charge is -2.31. The summed E-state index contributed by atoms with van der Waals surface area (Å²) in [7, 11) is 0. The van der Waals surface area contributed by atoms with E-state index < -0.39 is 11.4 Å². The van der Waals surface area contributed by atoms with Gasteiger partial charge < -0.3 is 4.57 Å². The summed E-state index contributed by atoms with van der Waals surface area (Å²) in [6.45, 7) is 0. The van der Waals surface area contributed by atoms with Crippen molar-refractivity contribution in [3.8, 4) is 0 Å². The van der Waals surface area contributed by atoms with Crippen LogP contribution in [0.1, 0.15) is 25.3 Å². The molecular formula is C16H15N3O3S. The van der Waals surface area contributed by atoms with Crippen LogP contribution in [0.2, 0.25) is 0 Å². The first-order chi connectivity index (χ1) is 11.3. The van der Waals surface area contributed by atoms with Crippen LogP contribution in [0, 0.1) is 0 Å². The van der Waals surface area contributed by atoms with Crippen LogP contribution >= 0.6 is 0 Å². The van der Waals surface area contributed by atoms with Crippen LogP contribution in [-0.4, -0.2) is 31.0 Å². The quantitative estimate of drug-likeness (QED) is 0.687. The molecule has 0 spiro atoms. The average molecular weight is 329 g/mol. The fourth-order valence-corrected chi connectivity index (χ4v) is 4.78. The molecule has 1 saturated carbocycles. The second kappa shape index (κ2) is 5.09. The molecule has 1 aliphatic carbocycles. The van der Waals surface area contributed by atoms with E-state index in [2.05, 4.69) is 26.7 Å². The van der Waals surface area contributed by atoms with Gasteiger partial charge in [0, 0.05) is 17.0 Å². The summed E-state index contributed by atoms with van der Waals surface area (Å²) in [4.78, 5) is 8.68. The van der Waals surface area contributed by atoms with E-state index in [1.54, 1.807) is 6.33 Å². The summed E-state index contributed by atoms with van der Waals surface area (Å²) in [6.07, 6.45) is 5.99. The van der Waals surface area contributed by atoms with E-state index in [0.717, 1.165) is 41.2 Å². The van der Waals surface area contributed by atoms with Gasteiger partial charge in [-0.2, -0.15) is 4.21 Å². The Morgan fingerprint density at radius 2 is 2.09 bits per heavy atom. The average Bonchev–Trinajstić information content (AvgIpc) is 3.12. The highest BCUT2D eigenvalue weighted by atomic mass is 32.2. The lowest BCUT2D eigenvalue weighted by Crippen LogP contribution is -2.36. The third-order valence-electron chi connectivity index (χ3n) is 4.83. The zero-order valence-electron chi connectivity index (χ0n) is 12.3. The van der Waals surface area contributed by atoms with E-state index >= 15 is 0 Å². The highest BCUT2D eigenvalue weighted by Gasteiger charge is 2.44. The van der Waals surface area contributed by atoms with Gasteiger partial charge in [0.1, 0.15) is 24.2 Å². The van der Waals surface area contributed by atoms with Crippen LogP contribution in [-0.2, 0) is 19.7 Å². The monoisotopic (exact) mass is 329 g/mol. The fourth-order valence-electron chi connectivity index (χ4n) is 3.89. The minimum Gasteiger partial charge on any atom is -0.319 e. The van der Waals surface area contributed by atoms with E-state index in [9.17, 15) is 4.21 Å². The van der Waals surface area contributed by atoms with Gasteiger partial charge in [-0.05, 0) is 25.3 Å². The molecule has 1 aliphatic heterocycles. The van der Waals surface area contributed by atoms with Gasteiger partial charge >= 0.3 is 11.4 Å². The molecule has 0 amide bonds. The van der Waals surface area contributed by atoms with Gasteiger partial charge in [-0.1, -0.05) is 18.2 Å². The molecule has 2 aliphatic rings. The van der Waals surface area contributed by atoms with Gasteiger partial charge in [-0.15, -0.1) is 0 Å². The van der Waals surface area contributed by atoms with Crippen LogP contribution in [0.15, 0.2) is 36.8 Å². The molecule has 2 aromatic heterocycles. The van der Waals surface area contributed by atoms with Crippen molar-refractivity contribution in [1.82, 2.24) is 14.5 Å². The van der Waals surface area contributed by atoms with Crippen molar-refractivity contribution in [2.24, 2.45) is 0 Å². The summed E-state index contributed by atoms with van der Waals surface area (Å²) < 4.78 is 24.9. The summed E-state index contributed by atoms with van der Waals surface area (Å²) >= 11 is -1.64. The molecule has 4 atom stereocenters. The van der Waals surface area contributed by atoms with Crippen LogP contribution in [0.5, 0.6) is 0 Å². The van der Waals surface area contributed by atoms with E-state index in [0.29, 0.717) is 0 Å². The Labute approximate surface area is 135 Å². The lowest BCUT2D eigenvalue weighted by atomic mass is 9.90. The van der Waals surface area contributed by atoms with Gasteiger partial charge in [0.05, 0.1) is 11.6 Å². The predicted molar refractivity (Wildman–Crippen MR) is 85.8 cm³/mol. The molecule has 118 valence electrons. The van der Waals surface area contributed by atoms with E-state index in [1.165, 1.54) is 0 Å². The summed E-state index contributed by atoms with van der Waals surface area (Å²) in [5.74, 6) is 0. The number of para-hydroxylation sites is 1. The standard InChI is InChI=1S/C16H15N3O3S/c20-23-21-14-7-3-6-13(15(14)22-23)19-12-5-2-1-4-10(12)11-8-17-9-18-16(11)19/h1-2,4-5,8-9,13-15H,3,6-7H2/t13-,14-,15+,23?/m0/s1. The molecule has 2 fully saturated rings. The van der Waals surface area contributed by atoms with Crippen LogP contribution in [0.4, 0.5) is 0 Å². The molecule has 6 nitrogen and oxygen atoms in total. The van der Waals surface area contributed by atoms with Gasteiger partial charge in [-0.3, -0.25) is 8.37 Å². The maximum absolute atomic E-state index is 11.7. The summed E-state index contributed by atoms with van der Waals surface area (Å²) in [5.41, 5.74) is 2.00. The number of hydrogen-bond acceptors (Lipinski definition) is 5. The highest BCUT2D eigenvalue weighted by Crippen LogP contribution is 2.41. The molecule has 1 unspecified atom stereocenters. The Hall–Kier alpha value is -1.83. The Kier molecular flexibility index (Phi) is 3.01. The molecule has 23 heavy (non-hydrogen) atoms. The van der Waals surface area contributed by atoms with Crippen LogP contribution in [0.3, 0.4) is 0 Å². The molecular weight excluding hydrogens is 314 g/mol. The number of fused-ring (bicyclic) bond motifs is 4. The fraction of sp³-hybridized carbons (Fsp3) is 0.375. The third kappa shape index (κ3) is 1.97. The van der Waals surface area contributed by atoms with Crippen molar-refractivity contribution in [3.05, 3.63) is 36.8 Å². The predicted octanol–water partition coefficient (Wildman–Crippen LogP) is 2.67. The molecule has 1 aromatic carbocycles. The van der Waals surface area contributed by atoms with Crippen molar-refractivity contribution in [2.45, 2.75) is 37.5 Å². The summed E-state index contributed by atoms with van der Waals surface area (Å²) in [5, 5.41) is 2.16. The first-order valence-corrected chi connectivity index (χ1v) is 8.77. The number of rotatable bonds is 1. The van der Waals surface area contributed by atoms with Gasteiger partial charge in [-0.25, -0.2) is 9.97 Å². The van der Waals surface area contributed by atoms with Crippen molar-refractivity contribution in [3.63, 3.8) is 0 Å². The van der Waals surface area contributed by atoms with Crippen molar-refractivity contribution in [1.29, 1.82) is 0 Å². The maximum atomic E-state index is 11.7. The van der Waals surface area contributed by atoms with Gasteiger partial charge in [0.15, 0.2) is 0 Å². The zero-order valence-corrected chi connectivity index (χ0v) is 13.1. The van der Waals surface area contributed by atoms with Crippen molar-refractivity contribution in [2.75, 3.05) is 0 Å². The van der Waals surface area contributed by atoms with Gasteiger partial charge in [0.2, 0.25) is 0 Å². The molecule has 1 saturated heterocycles. The molecule has 3 aromatic rings. The molecule has 5 rings (SSSR count). The zero-order chi connectivity index (χ0) is 15.4. The maximum Gasteiger partial charge on any atom is 0.305 e. The molecule has 0 radical (unpaired) electrons. The lowest BCUT2D eigenvalue weighted by molar-refractivity contribution is 0.0669. The molecule has 0 bridgehead atoms. The normalized spacial score (nSPS) is 30.8. The molecule has 0 N–H and O–H groups in total. The second-order valence-electron chi connectivity index (χ2n) is 6.05. The first kappa shape index (κ1) is 13.6. The topological polar surface area (TPSA) is 66.2 Å². The van der Waals surface area contributed by atoms with Gasteiger partial charge in [0.25, 0.3) is 0 Å². The third-order valence-corrected chi connectivity index (χ3v) is 5.61. The first-order valence-electron chi connectivity index (χ1n) is 7.77. The van der Waals surface area contributed by atoms with E-state index in [4.69, 9.17) is 8.37 Å². The van der Waals surface area contributed by atoms with E-state index in [-0.39, 0.29) is 18.2 Å². The Balaban J connectivity index is 1.76. The number of hydrogen-bond donors (Lipinski definition) is 0. The van der Waals surface area contributed by atoms with Crippen LogP contribution < -0.4 is 0 Å². The minimum atomic E-state index is -1.64. The smallest absolute Gasteiger partial charge is 0.305 e. The summed E-state index contributed by atoms with van der Waals surface area (Å²) in [6, 6.07) is 8.29. The Bertz CT molecular complexity index is 872. The largest absolute Gasteiger partial charge is 0.319 e. The Morgan fingerprint density at radius 3 is 3.04 bits per heavy atom. The SMILES string of the molecule is O=S1O[C@H]2[C@H](CCC[C@@H]2n2c3ccccc3c3cncnc32)O1. The Morgan fingerprint density at radius 1 is 1.17 bits per heavy atom. The second-order valence-corrected chi connectivity index (χ2v) is 6.84. The molecule has 3 heterocycles. The van der Waals surface area contributed by atoms with Crippen molar-refractivity contribution >= 4 is 33.3 Å².